The maximum Gasteiger partial charge on any atom is 0.319 e. The number of ether oxygens (including phenoxy) is 2. The zero-order chi connectivity index (χ0) is 24.7. The Labute approximate surface area is 208 Å². The molecule has 0 saturated heterocycles. The molecule has 2 unspecified atom stereocenters. The summed E-state index contributed by atoms with van der Waals surface area (Å²) in [5, 5.41) is 0. The first-order chi connectivity index (χ1) is 16.5. The maximum atomic E-state index is 13.0. The third kappa shape index (κ3) is 9.00. The molecule has 2 fully saturated rings. The Morgan fingerprint density at radius 3 is 2.03 bits per heavy atom. The van der Waals surface area contributed by atoms with Crippen molar-refractivity contribution < 1.29 is 23.9 Å². The summed E-state index contributed by atoms with van der Waals surface area (Å²) >= 11 is 0. The SMILES string of the molecule is CCCCOC(=O)C1CCCC1CCCCCCCCC(=O)C1(C(=O)OCCCC)CCCC1. The van der Waals surface area contributed by atoms with Gasteiger partial charge in [0.05, 0.1) is 19.1 Å². The molecule has 5 nitrogen and oxygen atoms in total. The van der Waals surface area contributed by atoms with E-state index in [4.69, 9.17) is 9.47 Å². The van der Waals surface area contributed by atoms with Gasteiger partial charge in [-0.25, -0.2) is 0 Å². The van der Waals surface area contributed by atoms with Gasteiger partial charge in [-0.1, -0.05) is 78.1 Å². The van der Waals surface area contributed by atoms with E-state index in [1.807, 2.05) is 0 Å². The number of hydrogen-bond acceptors (Lipinski definition) is 5. The van der Waals surface area contributed by atoms with Gasteiger partial charge in [0.15, 0.2) is 0 Å². The minimum absolute atomic E-state index is 0.0369. The zero-order valence-electron chi connectivity index (χ0n) is 22.0. The second-order valence-corrected chi connectivity index (χ2v) is 10.7. The first-order valence-electron chi connectivity index (χ1n) is 14.4. The summed E-state index contributed by atoms with van der Waals surface area (Å²) < 4.78 is 10.9. The van der Waals surface area contributed by atoms with E-state index in [2.05, 4.69) is 13.8 Å². The number of carbonyl (C=O) groups is 3. The predicted molar refractivity (Wildman–Crippen MR) is 135 cm³/mol. The quantitative estimate of drug-likeness (QED) is 0.117. The third-order valence-electron chi connectivity index (χ3n) is 8.05. The normalized spacial score (nSPS) is 21.5. The van der Waals surface area contributed by atoms with E-state index >= 15 is 0 Å². The summed E-state index contributed by atoms with van der Waals surface area (Å²) in [6, 6.07) is 0. The Balaban J connectivity index is 1.57. The summed E-state index contributed by atoms with van der Waals surface area (Å²) in [6.45, 7) is 5.19. The molecule has 2 saturated carbocycles. The van der Waals surface area contributed by atoms with Crippen LogP contribution in [0, 0.1) is 17.3 Å². The number of ketones is 1. The summed E-state index contributed by atoms with van der Waals surface area (Å²) in [5.74, 6) is 0.522. The molecule has 196 valence electrons. The predicted octanol–water partition coefficient (Wildman–Crippen LogP) is 7.34. The van der Waals surface area contributed by atoms with Crippen molar-refractivity contribution in [3.05, 3.63) is 0 Å². The van der Waals surface area contributed by atoms with Gasteiger partial charge < -0.3 is 9.47 Å². The van der Waals surface area contributed by atoms with Crippen molar-refractivity contribution in [2.24, 2.45) is 17.3 Å². The second kappa shape index (κ2) is 16.3. The lowest BCUT2D eigenvalue weighted by molar-refractivity contribution is -0.160. The number of carbonyl (C=O) groups excluding carboxylic acids is 3. The van der Waals surface area contributed by atoms with Crippen molar-refractivity contribution in [2.45, 2.75) is 136 Å². The molecule has 0 N–H and O–H groups in total. The largest absolute Gasteiger partial charge is 0.465 e. The summed E-state index contributed by atoms with van der Waals surface area (Å²) in [5.41, 5.74) is -0.844. The fourth-order valence-electron chi connectivity index (χ4n) is 5.78. The molecule has 2 aliphatic rings. The number of hydrogen-bond donors (Lipinski definition) is 0. The molecule has 0 aromatic carbocycles. The van der Waals surface area contributed by atoms with Crippen molar-refractivity contribution in [1.82, 2.24) is 0 Å². The van der Waals surface area contributed by atoms with Crippen LogP contribution in [0.25, 0.3) is 0 Å². The molecular weight excluding hydrogens is 428 g/mol. The molecule has 0 bridgehead atoms. The van der Waals surface area contributed by atoms with E-state index in [0.717, 1.165) is 83.5 Å². The minimum Gasteiger partial charge on any atom is -0.465 e. The third-order valence-corrected chi connectivity index (χ3v) is 8.05. The van der Waals surface area contributed by atoms with Gasteiger partial charge in [-0.3, -0.25) is 14.4 Å². The zero-order valence-corrected chi connectivity index (χ0v) is 22.0. The van der Waals surface area contributed by atoms with Crippen molar-refractivity contribution in [1.29, 1.82) is 0 Å². The van der Waals surface area contributed by atoms with Crippen molar-refractivity contribution in [3.8, 4) is 0 Å². The van der Waals surface area contributed by atoms with Gasteiger partial charge in [-0.05, 0) is 57.3 Å². The van der Waals surface area contributed by atoms with Gasteiger partial charge in [0.1, 0.15) is 11.2 Å². The van der Waals surface area contributed by atoms with Crippen LogP contribution in [0.2, 0.25) is 0 Å². The lowest BCUT2D eigenvalue weighted by Gasteiger charge is -2.25. The van der Waals surface area contributed by atoms with E-state index in [0.29, 0.717) is 38.4 Å². The van der Waals surface area contributed by atoms with Gasteiger partial charge in [0.25, 0.3) is 0 Å². The number of rotatable bonds is 18. The molecule has 0 aliphatic heterocycles. The molecule has 2 rings (SSSR count). The number of Topliss-reactive ketones (excluding diaryl/α,β-unsaturated/α-hetero) is 1. The summed E-state index contributed by atoms with van der Waals surface area (Å²) in [6.07, 6.45) is 18.7. The molecule has 0 radical (unpaired) electrons. The van der Waals surface area contributed by atoms with Crippen LogP contribution in [-0.4, -0.2) is 30.9 Å². The monoisotopic (exact) mass is 478 g/mol. The van der Waals surface area contributed by atoms with Crippen LogP contribution in [0.1, 0.15) is 136 Å². The van der Waals surface area contributed by atoms with Crippen molar-refractivity contribution in [2.75, 3.05) is 13.2 Å². The Bertz CT molecular complexity index is 608. The first kappa shape index (κ1) is 28.8. The number of unbranched alkanes of at least 4 members (excludes halogenated alkanes) is 7. The van der Waals surface area contributed by atoms with Crippen LogP contribution < -0.4 is 0 Å². The van der Waals surface area contributed by atoms with E-state index in [9.17, 15) is 14.4 Å². The van der Waals surface area contributed by atoms with Gasteiger partial charge in [0, 0.05) is 6.42 Å². The van der Waals surface area contributed by atoms with Gasteiger partial charge in [-0.2, -0.15) is 0 Å². The highest BCUT2D eigenvalue weighted by molar-refractivity contribution is 6.04. The Hall–Kier alpha value is -1.39. The summed E-state index contributed by atoms with van der Waals surface area (Å²) in [4.78, 5) is 38.0. The van der Waals surface area contributed by atoms with Gasteiger partial charge in [-0.15, -0.1) is 0 Å². The van der Waals surface area contributed by atoms with Crippen LogP contribution in [0.15, 0.2) is 0 Å². The van der Waals surface area contributed by atoms with Crippen LogP contribution in [0.5, 0.6) is 0 Å². The molecule has 0 amide bonds. The maximum absolute atomic E-state index is 13.0. The molecular formula is C29H50O5. The lowest BCUT2D eigenvalue weighted by Crippen LogP contribution is -2.38. The highest BCUT2D eigenvalue weighted by Crippen LogP contribution is 2.41. The van der Waals surface area contributed by atoms with Gasteiger partial charge >= 0.3 is 11.9 Å². The molecule has 0 aromatic rings. The van der Waals surface area contributed by atoms with Crippen LogP contribution in [0.3, 0.4) is 0 Å². The molecule has 0 aromatic heterocycles. The topological polar surface area (TPSA) is 69.7 Å². The molecule has 0 spiro atoms. The van der Waals surface area contributed by atoms with Crippen LogP contribution in [0.4, 0.5) is 0 Å². The molecule has 0 heterocycles. The van der Waals surface area contributed by atoms with E-state index < -0.39 is 5.41 Å². The second-order valence-electron chi connectivity index (χ2n) is 10.7. The highest BCUT2D eigenvalue weighted by atomic mass is 16.5. The Kier molecular flexibility index (Phi) is 13.8. The average Bonchev–Trinajstić information content (AvgIpc) is 3.51. The lowest BCUT2D eigenvalue weighted by atomic mass is 9.79. The standard InChI is InChI=1S/C29H50O5/c1-3-5-22-33-27(31)25-18-15-17-24(25)16-11-9-7-8-10-12-19-26(30)29(20-13-14-21-29)28(32)34-23-6-4-2/h24-25H,3-23H2,1-2H3. The van der Waals surface area contributed by atoms with E-state index in [1.165, 1.54) is 19.3 Å². The van der Waals surface area contributed by atoms with Crippen molar-refractivity contribution in [3.63, 3.8) is 0 Å². The van der Waals surface area contributed by atoms with E-state index in [1.54, 1.807) is 0 Å². The van der Waals surface area contributed by atoms with E-state index in [-0.39, 0.29) is 23.6 Å². The number of esters is 2. The Morgan fingerprint density at radius 2 is 1.35 bits per heavy atom. The molecule has 5 heteroatoms. The smallest absolute Gasteiger partial charge is 0.319 e. The highest BCUT2D eigenvalue weighted by Gasteiger charge is 2.48. The minimum atomic E-state index is -0.844. The molecule has 2 atom stereocenters. The van der Waals surface area contributed by atoms with Gasteiger partial charge in [0.2, 0.25) is 0 Å². The first-order valence-corrected chi connectivity index (χ1v) is 14.4. The molecule has 2 aliphatic carbocycles. The fourth-order valence-corrected chi connectivity index (χ4v) is 5.78. The fraction of sp³-hybridized carbons (Fsp3) is 0.897. The van der Waals surface area contributed by atoms with Crippen LogP contribution >= 0.6 is 0 Å². The average molecular weight is 479 g/mol. The molecule has 34 heavy (non-hydrogen) atoms. The summed E-state index contributed by atoms with van der Waals surface area (Å²) in [7, 11) is 0. The van der Waals surface area contributed by atoms with Crippen molar-refractivity contribution >= 4 is 17.7 Å². The Morgan fingerprint density at radius 1 is 0.735 bits per heavy atom. The van der Waals surface area contributed by atoms with Crippen LogP contribution in [-0.2, 0) is 23.9 Å².